The minimum absolute atomic E-state index is 0.0281. The zero-order chi connectivity index (χ0) is 21.6. The zero-order valence-corrected chi connectivity index (χ0v) is 18.9. The first-order valence-electron chi connectivity index (χ1n) is 9.85. The maximum absolute atomic E-state index is 12.3. The van der Waals surface area contributed by atoms with E-state index in [9.17, 15) is 4.79 Å². The van der Waals surface area contributed by atoms with Gasteiger partial charge >= 0.3 is 0 Å². The zero-order valence-electron chi connectivity index (χ0n) is 17.3. The van der Waals surface area contributed by atoms with Crippen molar-refractivity contribution in [2.45, 2.75) is 18.4 Å². The monoisotopic (exact) mass is 450 g/mol. The van der Waals surface area contributed by atoms with Gasteiger partial charge in [0.2, 0.25) is 5.91 Å². The van der Waals surface area contributed by atoms with Gasteiger partial charge in [-0.05, 0) is 31.0 Å². The number of aryl methyl sites for hydroxylation is 1. The lowest BCUT2D eigenvalue weighted by Crippen LogP contribution is -2.27. The van der Waals surface area contributed by atoms with Crippen molar-refractivity contribution >= 4 is 39.2 Å². The molecule has 4 aromatic rings. The van der Waals surface area contributed by atoms with E-state index in [1.54, 1.807) is 18.4 Å². The number of benzene rings is 2. The number of hydrogen-bond acceptors (Lipinski definition) is 7. The number of rotatable bonds is 8. The van der Waals surface area contributed by atoms with Crippen LogP contribution in [0.3, 0.4) is 0 Å². The van der Waals surface area contributed by atoms with Gasteiger partial charge < -0.3 is 10.1 Å². The Bertz CT molecular complexity index is 1190. The summed E-state index contributed by atoms with van der Waals surface area (Å²) in [5.74, 6) is 1.01. The van der Waals surface area contributed by atoms with Crippen molar-refractivity contribution < 1.29 is 9.53 Å². The predicted molar refractivity (Wildman–Crippen MR) is 126 cm³/mol. The van der Waals surface area contributed by atoms with Gasteiger partial charge in [-0.25, -0.2) is 4.98 Å². The van der Waals surface area contributed by atoms with Gasteiger partial charge in [-0.3, -0.25) is 4.79 Å². The Morgan fingerprint density at radius 2 is 1.97 bits per heavy atom. The van der Waals surface area contributed by atoms with Crippen molar-refractivity contribution in [2.24, 2.45) is 0 Å². The molecule has 0 saturated carbocycles. The predicted octanol–water partition coefficient (Wildman–Crippen LogP) is 4.52. The number of carbonyl (C=O) groups is 1. The molecule has 8 heteroatoms. The Morgan fingerprint density at radius 1 is 1.13 bits per heavy atom. The first kappa shape index (κ1) is 21.3. The summed E-state index contributed by atoms with van der Waals surface area (Å²) in [4.78, 5) is 16.9. The second-order valence-corrected chi connectivity index (χ2v) is 9.04. The first-order valence-corrected chi connectivity index (χ1v) is 11.7. The molecule has 0 radical (unpaired) electrons. The third-order valence-electron chi connectivity index (χ3n) is 4.65. The van der Waals surface area contributed by atoms with E-state index in [0.29, 0.717) is 11.6 Å². The van der Waals surface area contributed by atoms with E-state index in [1.165, 1.54) is 17.3 Å². The van der Waals surface area contributed by atoms with Crippen molar-refractivity contribution in [1.29, 1.82) is 0 Å². The molecule has 0 fully saturated rings. The maximum atomic E-state index is 12.3. The minimum Gasteiger partial charge on any atom is -0.497 e. The van der Waals surface area contributed by atoms with Crippen molar-refractivity contribution in [2.75, 3.05) is 19.4 Å². The number of thioether (sulfide) groups is 1. The lowest BCUT2D eigenvalue weighted by Gasteiger charge is -2.07. The molecule has 31 heavy (non-hydrogen) atoms. The molecule has 0 spiro atoms. The van der Waals surface area contributed by atoms with Crippen LogP contribution in [0.25, 0.3) is 21.5 Å². The summed E-state index contributed by atoms with van der Waals surface area (Å²) in [6, 6.07) is 17.8. The number of thiazole rings is 1. The summed E-state index contributed by atoms with van der Waals surface area (Å²) >= 11 is 2.94. The van der Waals surface area contributed by atoms with Crippen molar-refractivity contribution in [1.82, 2.24) is 20.5 Å². The molecule has 0 saturated heterocycles. The van der Waals surface area contributed by atoms with Crippen LogP contribution in [0.4, 0.5) is 0 Å². The molecule has 158 valence electrons. The molecule has 0 aliphatic heterocycles. The fourth-order valence-electron chi connectivity index (χ4n) is 3.15. The number of amides is 1. The van der Waals surface area contributed by atoms with Crippen LogP contribution in [0.5, 0.6) is 5.75 Å². The highest BCUT2D eigenvalue weighted by Gasteiger charge is 2.17. The number of fused-ring (bicyclic) bond motifs is 1. The third kappa shape index (κ3) is 5.21. The number of aromatic nitrogens is 3. The molecule has 0 atom stereocenters. The van der Waals surface area contributed by atoms with Crippen LogP contribution in [0.15, 0.2) is 59.6 Å². The van der Waals surface area contributed by atoms with Gasteiger partial charge in [0.25, 0.3) is 0 Å². The molecule has 0 bridgehead atoms. The molecule has 2 aromatic carbocycles. The average molecular weight is 451 g/mol. The van der Waals surface area contributed by atoms with E-state index in [4.69, 9.17) is 4.74 Å². The van der Waals surface area contributed by atoms with Crippen molar-refractivity contribution in [3.63, 3.8) is 0 Å². The van der Waals surface area contributed by atoms with Crippen LogP contribution in [0, 0.1) is 6.92 Å². The van der Waals surface area contributed by atoms with Crippen LogP contribution >= 0.6 is 23.1 Å². The maximum Gasteiger partial charge on any atom is 0.230 e. The number of nitrogens with one attached hydrogen (secondary N) is 1. The fourth-order valence-corrected chi connectivity index (χ4v) is 4.90. The van der Waals surface area contributed by atoms with E-state index in [2.05, 4.69) is 32.6 Å². The molecule has 0 aliphatic carbocycles. The largest absolute Gasteiger partial charge is 0.497 e. The van der Waals surface area contributed by atoms with Crippen LogP contribution < -0.4 is 10.1 Å². The quantitative estimate of drug-likeness (QED) is 0.398. The van der Waals surface area contributed by atoms with E-state index in [0.717, 1.165) is 38.7 Å². The highest BCUT2D eigenvalue weighted by Crippen LogP contribution is 2.36. The molecular formula is C23H22N4O2S2. The SMILES string of the molecule is COc1cccc(-c2nnc(SCC(=O)NCCc3ccccc3)c3nc(C)sc23)c1. The highest BCUT2D eigenvalue weighted by molar-refractivity contribution is 8.00. The van der Waals surface area contributed by atoms with Gasteiger partial charge in [-0.15, -0.1) is 21.5 Å². The summed E-state index contributed by atoms with van der Waals surface area (Å²) in [6.45, 7) is 2.57. The smallest absolute Gasteiger partial charge is 0.230 e. The molecule has 0 unspecified atom stereocenters. The van der Waals surface area contributed by atoms with E-state index >= 15 is 0 Å². The van der Waals surface area contributed by atoms with Gasteiger partial charge in [0, 0.05) is 12.1 Å². The van der Waals surface area contributed by atoms with E-state index < -0.39 is 0 Å². The van der Waals surface area contributed by atoms with E-state index in [1.807, 2.05) is 49.4 Å². The average Bonchev–Trinajstić information content (AvgIpc) is 3.19. The molecule has 6 nitrogen and oxygen atoms in total. The number of methoxy groups -OCH3 is 1. The molecular weight excluding hydrogens is 428 g/mol. The Labute approximate surface area is 189 Å². The number of ether oxygens (including phenoxy) is 1. The lowest BCUT2D eigenvalue weighted by atomic mass is 10.1. The van der Waals surface area contributed by atoms with Gasteiger partial charge in [0.1, 0.15) is 22.0 Å². The third-order valence-corrected chi connectivity index (χ3v) is 6.59. The van der Waals surface area contributed by atoms with Gasteiger partial charge in [-0.1, -0.05) is 54.2 Å². The van der Waals surface area contributed by atoms with Crippen LogP contribution in [0.1, 0.15) is 10.6 Å². The lowest BCUT2D eigenvalue weighted by molar-refractivity contribution is -0.118. The van der Waals surface area contributed by atoms with Crippen LogP contribution in [-0.2, 0) is 11.2 Å². The summed E-state index contributed by atoms with van der Waals surface area (Å²) in [5, 5.41) is 13.4. The molecule has 1 amide bonds. The van der Waals surface area contributed by atoms with Crippen molar-refractivity contribution in [3.05, 3.63) is 65.2 Å². The van der Waals surface area contributed by atoms with Gasteiger partial charge in [0.05, 0.1) is 22.6 Å². The second kappa shape index (κ2) is 9.89. The first-order chi connectivity index (χ1) is 15.1. The summed E-state index contributed by atoms with van der Waals surface area (Å²) in [7, 11) is 1.64. The number of carbonyl (C=O) groups excluding carboxylic acids is 1. The van der Waals surface area contributed by atoms with Crippen LogP contribution in [-0.4, -0.2) is 40.5 Å². The number of nitrogens with zero attached hydrogens (tertiary/aromatic N) is 3. The Balaban J connectivity index is 1.45. The Kier molecular flexibility index (Phi) is 6.79. The summed E-state index contributed by atoms with van der Waals surface area (Å²) in [5.41, 5.74) is 3.69. The van der Waals surface area contributed by atoms with Crippen molar-refractivity contribution in [3.8, 4) is 17.0 Å². The van der Waals surface area contributed by atoms with Crippen LogP contribution in [0.2, 0.25) is 0 Å². The van der Waals surface area contributed by atoms with Gasteiger partial charge in [-0.2, -0.15) is 0 Å². The van der Waals surface area contributed by atoms with Gasteiger partial charge in [0.15, 0.2) is 0 Å². The standard InChI is InChI=1S/C23H22N4O2S2/c1-15-25-21-22(31-15)20(17-9-6-10-18(13-17)29-2)26-27-23(21)30-14-19(28)24-12-11-16-7-4-3-5-8-16/h3-10,13H,11-12,14H2,1-2H3,(H,24,28). The molecule has 2 aromatic heterocycles. The summed E-state index contributed by atoms with van der Waals surface area (Å²) < 4.78 is 6.30. The molecule has 4 rings (SSSR count). The normalized spacial score (nSPS) is 10.9. The fraction of sp³-hybridized carbons (Fsp3) is 0.217. The number of hydrogen-bond donors (Lipinski definition) is 1. The van der Waals surface area contributed by atoms with E-state index in [-0.39, 0.29) is 11.7 Å². The second-order valence-electron chi connectivity index (χ2n) is 6.87. The summed E-state index contributed by atoms with van der Waals surface area (Å²) in [6.07, 6.45) is 0.807. The molecule has 1 N–H and O–H groups in total. The Morgan fingerprint density at radius 3 is 2.77 bits per heavy atom. The minimum atomic E-state index is -0.0281. The highest BCUT2D eigenvalue weighted by atomic mass is 32.2. The Hall–Kier alpha value is -2.97. The topological polar surface area (TPSA) is 77.0 Å². The molecule has 2 heterocycles. The molecule has 0 aliphatic rings.